The van der Waals surface area contributed by atoms with Gasteiger partial charge in [0, 0.05) is 10.6 Å². The fraction of sp³-hybridized carbons (Fsp3) is 0.400. The van der Waals surface area contributed by atoms with Crippen LogP contribution in [0.15, 0.2) is 29.2 Å². The normalized spacial score (nSPS) is 12.1. The van der Waals surface area contributed by atoms with Crippen LogP contribution in [0.25, 0.3) is 0 Å². The number of halogens is 2. The SMILES string of the molecule is CN(C)CC(F)(F)Sc1ccccc1N. The largest absolute Gasteiger partial charge is 0.398 e. The summed E-state index contributed by atoms with van der Waals surface area (Å²) in [5.41, 5.74) is 5.98. The van der Waals surface area contributed by atoms with Crippen LogP contribution in [0.3, 0.4) is 0 Å². The Morgan fingerprint density at radius 2 is 1.93 bits per heavy atom. The van der Waals surface area contributed by atoms with Gasteiger partial charge in [0.15, 0.2) is 0 Å². The van der Waals surface area contributed by atoms with Gasteiger partial charge in [-0.15, -0.1) is 0 Å². The first-order valence-corrected chi connectivity index (χ1v) is 5.28. The lowest BCUT2D eigenvalue weighted by atomic mass is 10.3. The molecule has 15 heavy (non-hydrogen) atoms. The van der Waals surface area contributed by atoms with Crippen molar-refractivity contribution in [2.45, 2.75) is 10.2 Å². The summed E-state index contributed by atoms with van der Waals surface area (Å²) in [4.78, 5) is 1.87. The Morgan fingerprint density at radius 1 is 1.33 bits per heavy atom. The second-order valence-corrected chi connectivity index (χ2v) is 4.76. The van der Waals surface area contributed by atoms with Gasteiger partial charge in [-0.3, -0.25) is 0 Å². The molecule has 0 saturated carbocycles. The highest BCUT2D eigenvalue weighted by molar-refractivity contribution is 8.00. The molecule has 0 aromatic heterocycles. The molecule has 84 valence electrons. The number of hydrogen-bond donors (Lipinski definition) is 1. The molecule has 1 aromatic rings. The number of benzene rings is 1. The van der Waals surface area contributed by atoms with Crippen LogP contribution < -0.4 is 5.73 Å². The zero-order valence-electron chi connectivity index (χ0n) is 8.71. The minimum absolute atomic E-state index is 0.300. The van der Waals surface area contributed by atoms with E-state index in [-0.39, 0.29) is 6.54 Å². The summed E-state index contributed by atoms with van der Waals surface area (Å²) in [5.74, 6) is 0. The van der Waals surface area contributed by atoms with Crippen LogP contribution in [0, 0.1) is 0 Å². The summed E-state index contributed by atoms with van der Waals surface area (Å²) in [6, 6.07) is 6.64. The summed E-state index contributed by atoms with van der Waals surface area (Å²) in [5, 5.41) is -2.82. The third-order valence-electron chi connectivity index (χ3n) is 1.68. The van der Waals surface area contributed by atoms with Crippen molar-refractivity contribution in [3.05, 3.63) is 24.3 Å². The molecule has 0 heterocycles. The average molecular weight is 232 g/mol. The van der Waals surface area contributed by atoms with E-state index in [1.165, 1.54) is 4.90 Å². The average Bonchev–Trinajstić information content (AvgIpc) is 2.06. The first kappa shape index (κ1) is 12.3. The van der Waals surface area contributed by atoms with E-state index in [1.807, 2.05) is 0 Å². The summed E-state index contributed by atoms with van der Waals surface area (Å²) in [6.45, 7) is -0.300. The topological polar surface area (TPSA) is 29.3 Å². The van der Waals surface area contributed by atoms with E-state index in [0.29, 0.717) is 22.3 Å². The number of alkyl halides is 2. The summed E-state index contributed by atoms with van der Waals surface area (Å²) in [7, 11) is 3.23. The smallest absolute Gasteiger partial charge is 0.310 e. The Labute approximate surface area is 92.4 Å². The molecule has 0 saturated heterocycles. The van der Waals surface area contributed by atoms with E-state index in [1.54, 1.807) is 38.4 Å². The van der Waals surface area contributed by atoms with Crippen LogP contribution in [-0.2, 0) is 0 Å². The molecule has 1 rings (SSSR count). The molecule has 1 aromatic carbocycles. The Bertz CT molecular complexity index is 329. The third-order valence-corrected chi connectivity index (χ3v) is 2.70. The van der Waals surface area contributed by atoms with E-state index in [4.69, 9.17) is 5.73 Å². The van der Waals surface area contributed by atoms with E-state index in [9.17, 15) is 8.78 Å². The lowest BCUT2D eigenvalue weighted by molar-refractivity contribution is 0.0731. The second-order valence-electron chi connectivity index (χ2n) is 3.52. The van der Waals surface area contributed by atoms with Crippen molar-refractivity contribution in [3.63, 3.8) is 0 Å². The number of nitrogens with zero attached hydrogens (tertiary/aromatic N) is 1. The highest BCUT2D eigenvalue weighted by Gasteiger charge is 2.31. The Morgan fingerprint density at radius 3 is 2.47 bits per heavy atom. The number of nitrogen functional groups attached to an aromatic ring is 1. The molecule has 0 fully saturated rings. The number of nitrogens with two attached hydrogens (primary N) is 1. The van der Waals surface area contributed by atoms with Gasteiger partial charge in [0.25, 0.3) is 0 Å². The van der Waals surface area contributed by atoms with Gasteiger partial charge in [-0.1, -0.05) is 12.1 Å². The van der Waals surface area contributed by atoms with Crippen molar-refractivity contribution in [2.75, 3.05) is 26.4 Å². The fourth-order valence-corrected chi connectivity index (χ4v) is 2.11. The monoisotopic (exact) mass is 232 g/mol. The number of hydrogen-bond acceptors (Lipinski definition) is 3. The molecule has 0 aliphatic heterocycles. The maximum atomic E-state index is 13.4. The molecule has 0 radical (unpaired) electrons. The van der Waals surface area contributed by atoms with Crippen molar-refractivity contribution in [2.24, 2.45) is 0 Å². The van der Waals surface area contributed by atoms with Gasteiger partial charge in [-0.05, 0) is 38.0 Å². The highest BCUT2D eigenvalue weighted by atomic mass is 32.2. The van der Waals surface area contributed by atoms with Crippen LogP contribution >= 0.6 is 11.8 Å². The van der Waals surface area contributed by atoms with Gasteiger partial charge in [0.1, 0.15) is 0 Å². The van der Waals surface area contributed by atoms with Crippen molar-refractivity contribution in [1.29, 1.82) is 0 Å². The third kappa shape index (κ3) is 4.05. The summed E-state index contributed by atoms with van der Waals surface area (Å²) in [6.07, 6.45) is 0. The van der Waals surface area contributed by atoms with E-state index in [0.717, 1.165) is 0 Å². The Kier molecular flexibility index (Phi) is 3.93. The lowest BCUT2D eigenvalue weighted by Gasteiger charge is -2.20. The van der Waals surface area contributed by atoms with Gasteiger partial charge >= 0.3 is 5.25 Å². The van der Waals surface area contributed by atoms with Crippen LogP contribution in [-0.4, -0.2) is 30.8 Å². The van der Waals surface area contributed by atoms with Gasteiger partial charge in [0.2, 0.25) is 0 Å². The van der Waals surface area contributed by atoms with Crippen LogP contribution in [0.1, 0.15) is 0 Å². The van der Waals surface area contributed by atoms with E-state index in [2.05, 4.69) is 0 Å². The molecular formula is C10H14F2N2S. The van der Waals surface area contributed by atoms with E-state index >= 15 is 0 Å². The number of rotatable bonds is 4. The summed E-state index contributed by atoms with van der Waals surface area (Å²) < 4.78 is 26.8. The molecule has 0 aliphatic rings. The fourth-order valence-electron chi connectivity index (χ4n) is 1.13. The molecule has 0 spiro atoms. The van der Waals surface area contributed by atoms with Crippen molar-refractivity contribution >= 4 is 17.4 Å². The Balaban J connectivity index is 2.73. The molecular weight excluding hydrogens is 218 g/mol. The van der Waals surface area contributed by atoms with Gasteiger partial charge in [-0.2, -0.15) is 8.78 Å². The first-order valence-electron chi connectivity index (χ1n) is 4.47. The predicted octanol–water partition coefficient (Wildman–Crippen LogP) is 2.52. The molecule has 0 unspecified atom stereocenters. The zero-order chi connectivity index (χ0) is 11.5. The van der Waals surface area contributed by atoms with Crippen molar-refractivity contribution in [1.82, 2.24) is 4.90 Å². The van der Waals surface area contributed by atoms with Gasteiger partial charge in [-0.25, -0.2) is 0 Å². The maximum Gasteiger partial charge on any atom is 0.310 e. The molecule has 0 aliphatic carbocycles. The van der Waals surface area contributed by atoms with Gasteiger partial charge in [0.05, 0.1) is 6.54 Å². The molecule has 2 nitrogen and oxygen atoms in total. The second kappa shape index (κ2) is 4.81. The molecule has 0 atom stereocenters. The minimum Gasteiger partial charge on any atom is -0.398 e. The van der Waals surface area contributed by atoms with Crippen molar-refractivity contribution in [3.8, 4) is 0 Å². The summed E-state index contributed by atoms with van der Waals surface area (Å²) >= 11 is 0.501. The Hall–Kier alpha value is -0.810. The highest BCUT2D eigenvalue weighted by Crippen LogP contribution is 2.38. The maximum absolute atomic E-state index is 13.4. The van der Waals surface area contributed by atoms with Crippen molar-refractivity contribution < 1.29 is 8.78 Å². The number of anilines is 1. The zero-order valence-corrected chi connectivity index (χ0v) is 9.52. The number of thioether (sulfide) groups is 1. The molecule has 0 bridgehead atoms. The first-order chi connectivity index (χ1) is 6.91. The minimum atomic E-state index is -2.82. The quantitative estimate of drug-likeness (QED) is 0.639. The molecule has 2 N–H and O–H groups in total. The standard InChI is InChI=1S/C10H14F2N2S/c1-14(2)7-10(11,12)15-9-6-4-3-5-8(9)13/h3-6H,7,13H2,1-2H3. The lowest BCUT2D eigenvalue weighted by Crippen LogP contribution is -2.28. The number of para-hydroxylation sites is 1. The van der Waals surface area contributed by atoms with Crippen LogP contribution in [0.2, 0.25) is 0 Å². The van der Waals surface area contributed by atoms with Gasteiger partial charge < -0.3 is 10.6 Å². The molecule has 5 heteroatoms. The van der Waals surface area contributed by atoms with E-state index < -0.39 is 5.25 Å². The van der Waals surface area contributed by atoms with Crippen LogP contribution in [0.5, 0.6) is 0 Å². The molecule has 0 amide bonds. The predicted molar refractivity (Wildman–Crippen MR) is 60.2 cm³/mol. The van der Waals surface area contributed by atoms with Crippen LogP contribution in [0.4, 0.5) is 14.5 Å².